The van der Waals surface area contributed by atoms with Crippen molar-refractivity contribution in [2.24, 2.45) is 4.99 Å². The number of amidine groups is 1. The van der Waals surface area contributed by atoms with Crippen LogP contribution in [0.2, 0.25) is 0 Å². The third-order valence-electron chi connectivity index (χ3n) is 2.59. The molecule has 0 radical (unpaired) electrons. The lowest BCUT2D eigenvalue weighted by Crippen LogP contribution is -2.44. The van der Waals surface area contributed by atoms with Crippen LogP contribution in [0.3, 0.4) is 0 Å². The number of carbonyl (C=O) groups is 1. The van der Waals surface area contributed by atoms with Crippen LogP contribution in [-0.4, -0.2) is 42.3 Å². The fourth-order valence-corrected chi connectivity index (χ4v) is 1.61. The summed E-state index contributed by atoms with van der Waals surface area (Å²) < 4.78 is 0. The molecular weight excluding hydrogens is 166 g/mol. The molecule has 0 aromatic carbocycles. The molecule has 4 nitrogen and oxygen atoms in total. The average Bonchev–Trinajstić information content (AvgIpc) is 2.39. The molecule has 1 atom stereocenters. The van der Waals surface area contributed by atoms with E-state index in [0.29, 0.717) is 0 Å². The summed E-state index contributed by atoms with van der Waals surface area (Å²) in [6.07, 6.45) is 2.08. The molecule has 2 heterocycles. The fraction of sp³-hybridized carbons (Fsp3) is 0.778. The molecule has 2 rings (SSSR count). The van der Waals surface area contributed by atoms with Gasteiger partial charge in [-0.1, -0.05) is 6.92 Å². The van der Waals surface area contributed by atoms with E-state index < -0.39 is 0 Å². The fourth-order valence-electron chi connectivity index (χ4n) is 1.61. The molecule has 72 valence electrons. The zero-order chi connectivity index (χ0) is 9.26. The Morgan fingerprint density at radius 3 is 2.85 bits per heavy atom. The van der Waals surface area contributed by atoms with E-state index in [4.69, 9.17) is 0 Å². The number of rotatable bonds is 3. The van der Waals surface area contributed by atoms with Gasteiger partial charge in [0.05, 0.1) is 6.54 Å². The zero-order valence-corrected chi connectivity index (χ0v) is 7.92. The van der Waals surface area contributed by atoms with Crippen LogP contribution in [0.5, 0.6) is 0 Å². The maximum absolute atomic E-state index is 11.3. The van der Waals surface area contributed by atoms with Gasteiger partial charge in [-0.2, -0.15) is 0 Å². The van der Waals surface area contributed by atoms with E-state index in [1.807, 2.05) is 6.92 Å². The molecule has 0 aromatic rings. The van der Waals surface area contributed by atoms with Crippen molar-refractivity contribution in [2.45, 2.75) is 25.8 Å². The van der Waals surface area contributed by atoms with Crippen molar-refractivity contribution >= 4 is 11.7 Å². The molecule has 4 heteroatoms. The second-order valence-electron chi connectivity index (χ2n) is 3.62. The predicted molar refractivity (Wildman–Crippen MR) is 50.7 cm³/mol. The molecule has 1 saturated heterocycles. The van der Waals surface area contributed by atoms with Crippen LogP contribution in [0, 0.1) is 0 Å². The largest absolute Gasteiger partial charge is 0.312 e. The Labute approximate surface area is 78.0 Å². The van der Waals surface area contributed by atoms with E-state index in [2.05, 4.69) is 15.2 Å². The highest BCUT2D eigenvalue weighted by atomic mass is 16.2. The van der Waals surface area contributed by atoms with Crippen molar-refractivity contribution in [1.29, 1.82) is 0 Å². The first-order valence-corrected chi connectivity index (χ1v) is 4.89. The van der Waals surface area contributed by atoms with Crippen molar-refractivity contribution in [3.05, 3.63) is 0 Å². The Morgan fingerprint density at radius 2 is 2.38 bits per heavy atom. The molecule has 1 fully saturated rings. The molecule has 2 aliphatic heterocycles. The van der Waals surface area contributed by atoms with Gasteiger partial charge in [0.1, 0.15) is 11.9 Å². The number of likely N-dealkylation sites (tertiary alicyclic amines) is 1. The monoisotopic (exact) mass is 181 g/mol. The van der Waals surface area contributed by atoms with E-state index in [0.717, 1.165) is 31.9 Å². The topological polar surface area (TPSA) is 44.7 Å². The van der Waals surface area contributed by atoms with Crippen molar-refractivity contribution in [1.82, 2.24) is 10.2 Å². The molecule has 0 aromatic heterocycles. The minimum atomic E-state index is -0.128. The normalized spacial score (nSPS) is 28.2. The van der Waals surface area contributed by atoms with E-state index in [1.165, 1.54) is 6.42 Å². The van der Waals surface area contributed by atoms with Gasteiger partial charge < -0.3 is 5.32 Å². The molecule has 0 saturated carbocycles. The SMILES string of the molecule is CCC1N=C(CN2CCC2)NC1=O. The Balaban J connectivity index is 1.89. The first kappa shape index (κ1) is 8.69. The highest BCUT2D eigenvalue weighted by Crippen LogP contribution is 2.09. The van der Waals surface area contributed by atoms with E-state index in [1.54, 1.807) is 0 Å². The highest BCUT2D eigenvalue weighted by molar-refractivity contribution is 6.06. The van der Waals surface area contributed by atoms with Gasteiger partial charge in [-0.3, -0.25) is 14.7 Å². The number of nitrogens with zero attached hydrogens (tertiary/aromatic N) is 2. The van der Waals surface area contributed by atoms with Crippen LogP contribution in [0.4, 0.5) is 0 Å². The summed E-state index contributed by atoms with van der Waals surface area (Å²) in [6.45, 7) is 5.10. The van der Waals surface area contributed by atoms with Gasteiger partial charge in [0.25, 0.3) is 0 Å². The summed E-state index contributed by atoms with van der Waals surface area (Å²) in [6, 6.07) is -0.128. The van der Waals surface area contributed by atoms with Crippen LogP contribution in [0.15, 0.2) is 4.99 Å². The number of nitrogens with one attached hydrogen (secondary N) is 1. The first-order chi connectivity index (χ1) is 6.29. The molecule has 1 N–H and O–H groups in total. The summed E-state index contributed by atoms with van der Waals surface area (Å²) in [5, 5.41) is 2.82. The zero-order valence-electron chi connectivity index (χ0n) is 7.92. The van der Waals surface area contributed by atoms with Crippen molar-refractivity contribution < 1.29 is 4.79 Å². The number of amides is 1. The minimum absolute atomic E-state index is 0.0676. The minimum Gasteiger partial charge on any atom is -0.312 e. The van der Waals surface area contributed by atoms with Crippen LogP contribution >= 0.6 is 0 Å². The quantitative estimate of drug-likeness (QED) is 0.666. The Bertz CT molecular complexity index is 245. The molecule has 0 spiro atoms. The van der Waals surface area contributed by atoms with Gasteiger partial charge in [0, 0.05) is 0 Å². The van der Waals surface area contributed by atoms with Gasteiger partial charge in [0.2, 0.25) is 5.91 Å². The Morgan fingerprint density at radius 1 is 1.62 bits per heavy atom. The second-order valence-corrected chi connectivity index (χ2v) is 3.62. The summed E-state index contributed by atoms with van der Waals surface area (Å²) in [5.74, 6) is 0.926. The van der Waals surface area contributed by atoms with Gasteiger partial charge in [0.15, 0.2) is 0 Å². The van der Waals surface area contributed by atoms with Gasteiger partial charge in [-0.25, -0.2) is 0 Å². The number of hydrogen-bond acceptors (Lipinski definition) is 3. The maximum Gasteiger partial charge on any atom is 0.250 e. The van der Waals surface area contributed by atoms with E-state index in [9.17, 15) is 4.79 Å². The third kappa shape index (κ3) is 1.72. The number of carbonyl (C=O) groups excluding carboxylic acids is 1. The van der Waals surface area contributed by atoms with E-state index in [-0.39, 0.29) is 11.9 Å². The summed E-state index contributed by atoms with van der Waals surface area (Å²) in [7, 11) is 0. The molecule has 0 aliphatic carbocycles. The second kappa shape index (κ2) is 3.46. The van der Waals surface area contributed by atoms with Crippen LogP contribution in [0.25, 0.3) is 0 Å². The van der Waals surface area contributed by atoms with Gasteiger partial charge >= 0.3 is 0 Å². The van der Waals surface area contributed by atoms with Crippen LogP contribution in [-0.2, 0) is 4.79 Å². The van der Waals surface area contributed by atoms with Crippen molar-refractivity contribution in [3.63, 3.8) is 0 Å². The van der Waals surface area contributed by atoms with E-state index >= 15 is 0 Å². The maximum atomic E-state index is 11.3. The standard InChI is InChI=1S/C9H15N3O/c1-2-7-9(13)11-8(10-7)6-12-4-3-5-12/h7H,2-6H2,1H3,(H,10,11,13). The molecule has 13 heavy (non-hydrogen) atoms. The third-order valence-corrected chi connectivity index (χ3v) is 2.59. The Hall–Kier alpha value is -0.900. The lowest BCUT2D eigenvalue weighted by atomic mass is 10.2. The lowest BCUT2D eigenvalue weighted by molar-refractivity contribution is -0.120. The summed E-state index contributed by atoms with van der Waals surface area (Å²) in [5.41, 5.74) is 0. The van der Waals surface area contributed by atoms with Crippen molar-refractivity contribution in [3.8, 4) is 0 Å². The molecule has 1 unspecified atom stereocenters. The predicted octanol–water partition coefficient (Wildman–Crippen LogP) is -0.00100. The molecule has 0 bridgehead atoms. The lowest BCUT2D eigenvalue weighted by Gasteiger charge is -2.30. The molecule has 1 amide bonds. The van der Waals surface area contributed by atoms with Gasteiger partial charge in [-0.15, -0.1) is 0 Å². The number of hydrogen-bond donors (Lipinski definition) is 1. The average molecular weight is 181 g/mol. The van der Waals surface area contributed by atoms with Crippen LogP contribution in [0.1, 0.15) is 19.8 Å². The van der Waals surface area contributed by atoms with Crippen LogP contribution < -0.4 is 5.32 Å². The highest BCUT2D eigenvalue weighted by Gasteiger charge is 2.26. The molecular formula is C9H15N3O. The Kier molecular flexibility index (Phi) is 2.31. The smallest absolute Gasteiger partial charge is 0.250 e. The number of aliphatic imine (C=N–C) groups is 1. The van der Waals surface area contributed by atoms with Gasteiger partial charge in [-0.05, 0) is 25.9 Å². The first-order valence-electron chi connectivity index (χ1n) is 4.89. The van der Waals surface area contributed by atoms with Crippen molar-refractivity contribution in [2.75, 3.05) is 19.6 Å². The summed E-state index contributed by atoms with van der Waals surface area (Å²) >= 11 is 0. The molecule has 2 aliphatic rings. The summed E-state index contributed by atoms with van der Waals surface area (Å²) in [4.78, 5) is 17.9.